The Morgan fingerprint density at radius 1 is 1.00 bits per heavy atom. The lowest BCUT2D eigenvalue weighted by Crippen LogP contribution is -2.47. The van der Waals surface area contributed by atoms with Crippen LogP contribution in [-0.4, -0.2) is 56.1 Å². The van der Waals surface area contributed by atoms with Crippen LogP contribution < -0.4 is 15.4 Å². The molecule has 9 heteroatoms. The number of piperazine rings is 1. The summed E-state index contributed by atoms with van der Waals surface area (Å²) >= 11 is 0. The van der Waals surface area contributed by atoms with E-state index in [1.807, 2.05) is 50.5 Å². The molecule has 1 saturated heterocycles. The number of nitrogens with one attached hydrogen (secondary N) is 1. The Bertz CT molecular complexity index is 1260. The zero-order valence-electron chi connectivity index (χ0n) is 16.9. The second kappa shape index (κ2) is 7.25. The molecule has 4 aromatic rings. The second-order valence-electron chi connectivity index (χ2n) is 7.41. The van der Waals surface area contributed by atoms with Gasteiger partial charge >= 0.3 is 0 Å². The normalized spacial score (nSPS) is 14.5. The molecule has 1 aromatic carbocycles. The molecule has 1 aliphatic heterocycles. The molecule has 5 rings (SSSR count). The van der Waals surface area contributed by atoms with E-state index in [0.29, 0.717) is 0 Å². The Hall–Kier alpha value is -3.75. The first kappa shape index (κ1) is 18.3. The summed E-state index contributed by atoms with van der Waals surface area (Å²) in [6.07, 6.45) is 1.82. The van der Waals surface area contributed by atoms with Gasteiger partial charge in [-0.25, -0.2) is 15.1 Å². The second-order valence-corrected chi connectivity index (χ2v) is 7.41. The van der Waals surface area contributed by atoms with E-state index in [-0.39, 0.29) is 5.56 Å². The first-order valence-corrected chi connectivity index (χ1v) is 9.91. The molecule has 4 heterocycles. The van der Waals surface area contributed by atoms with Gasteiger partial charge in [0.15, 0.2) is 5.65 Å². The van der Waals surface area contributed by atoms with Crippen molar-refractivity contribution in [3.63, 3.8) is 0 Å². The summed E-state index contributed by atoms with van der Waals surface area (Å²) in [6, 6.07) is 11.6. The lowest BCUT2D eigenvalue weighted by Gasteiger charge is -2.37. The fourth-order valence-electron chi connectivity index (χ4n) is 3.96. The van der Waals surface area contributed by atoms with Crippen LogP contribution in [0.25, 0.3) is 22.3 Å². The molecule has 30 heavy (non-hydrogen) atoms. The van der Waals surface area contributed by atoms with Gasteiger partial charge in [-0.15, -0.1) is 0 Å². The van der Waals surface area contributed by atoms with Gasteiger partial charge in [0.1, 0.15) is 17.3 Å². The molecule has 0 aliphatic carbocycles. The molecule has 152 valence electrons. The Morgan fingerprint density at radius 2 is 1.73 bits per heavy atom. The fourth-order valence-corrected chi connectivity index (χ4v) is 3.96. The van der Waals surface area contributed by atoms with Crippen LogP contribution in [0.15, 0.2) is 47.4 Å². The number of aromatic amines is 1. The van der Waals surface area contributed by atoms with Gasteiger partial charge in [0, 0.05) is 44.9 Å². The van der Waals surface area contributed by atoms with Gasteiger partial charge in [-0.2, -0.15) is 10.2 Å². The number of H-pyrrole nitrogens is 1. The van der Waals surface area contributed by atoms with Crippen molar-refractivity contribution < 1.29 is 0 Å². The zero-order chi connectivity index (χ0) is 20.7. The van der Waals surface area contributed by atoms with E-state index in [1.165, 1.54) is 0 Å². The molecule has 1 aliphatic rings. The zero-order valence-corrected chi connectivity index (χ0v) is 16.9. The van der Waals surface area contributed by atoms with Gasteiger partial charge in [0.05, 0.1) is 17.3 Å². The molecule has 0 saturated carbocycles. The van der Waals surface area contributed by atoms with E-state index in [4.69, 9.17) is 4.98 Å². The highest BCUT2D eigenvalue weighted by Crippen LogP contribution is 2.29. The van der Waals surface area contributed by atoms with Crippen LogP contribution in [0.1, 0.15) is 5.82 Å². The summed E-state index contributed by atoms with van der Waals surface area (Å²) in [5.41, 5.74) is 3.27. The predicted molar refractivity (Wildman–Crippen MR) is 116 cm³/mol. The first-order valence-electron chi connectivity index (χ1n) is 9.91. The van der Waals surface area contributed by atoms with Crippen molar-refractivity contribution in [3.05, 3.63) is 58.8 Å². The highest BCUT2D eigenvalue weighted by Gasteiger charge is 2.24. The standard InChI is InChI=1S/C21H22N8O/c1-14-23-20-16(13-22-27(20)2)21(24-14)29-10-8-28(9-11-29)17-12-18(30)25-26-19(17)15-6-4-3-5-7-15/h3-7,12-13H,8-11H2,1-2H3,(H,25,30). The molecule has 9 nitrogen and oxygen atoms in total. The van der Waals surface area contributed by atoms with Crippen LogP contribution >= 0.6 is 0 Å². The number of rotatable bonds is 3. The van der Waals surface area contributed by atoms with Gasteiger partial charge in [-0.3, -0.25) is 9.48 Å². The number of fused-ring (bicyclic) bond motifs is 1. The highest BCUT2D eigenvalue weighted by molar-refractivity contribution is 5.87. The van der Waals surface area contributed by atoms with E-state index in [9.17, 15) is 4.79 Å². The van der Waals surface area contributed by atoms with Crippen molar-refractivity contribution in [2.24, 2.45) is 7.05 Å². The summed E-state index contributed by atoms with van der Waals surface area (Å²) in [6.45, 7) is 4.98. The van der Waals surface area contributed by atoms with Crippen molar-refractivity contribution in [2.75, 3.05) is 36.0 Å². The topological polar surface area (TPSA) is 95.8 Å². The van der Waals surface area contributed by atoms with Crippen molar-refractivity contribution >= 4 is 22.5 Å². The molecular weight excluding hydrogens is 380 g/mol. The van der Waals surface area contributed by atoms with Gasteiger partial charge in [0.25, 0.3) is 5.56 Å². The largest absolute Gasteiger partial charge is 0.366 e. The van der Waals surface area contributed by atoms with E-state index >= 15 is 0 Å². The Morgan fingerprint density at radius 3 is 2.50 bits per heavy atom. The van der Waals surface area contributed by atoms with E-state index in [2.05, 4.69) is 30.1 Å². The summed E-state index contributed by atoms with van der Waals surface area (Å²) < 4.78 is 1.78. The molecule has 0 amide bonds. The molecule has 1 N–H and O–H groups in total. The minimum absolute atomic E-state index is 0.199. The number of benzene rings is 1. The minimum Gasteiger partial charge on any atom is -0.366 e. The minimum atomic E-state index is -0.199. The first-order chi connectivity index (χ1) is 14.6. The molecule has 3 aromatic heterocycles. The molecular formula is C21H22N8O. The third-order valence-corrected chi connectivity index (χ3v) is 5.44. The maximum absolute atomic E-state index is 12.0. The Kier molecular flexibility index (Phi) is 4.42. The summed E-state index contributed by atoms with van der Waals surface area (Å²) in [4.78, 5) is 25.7. The predicted octanol–water partition coefficient (Wildman–Crippen LogP) is 1.75. The van der Waals surface area contributed by atoms with Crippen molar-refractivity contribution in [2.45, 2.75) is 6.92 Å². The van der Waals surface area contributed by atoms with Gasteiger partial charge in [-0.1, -0.05) is 30.3 Å². The Labute approximate surface area is 173 Å². The number of nitrogens with zero attached hydrogens (tertiary/aromatic N) is 7. The average molecular weight is 402 g/mol. The molecule has 0 atom stereocenters. The van der Waals surface area contributed by atoms with Gasteiger partial charge in [0.2, 0.25) is 0 Å². The third kappa shape index (κ3) is 3.18. The van der Waals surface area contributed by atoms with Crippen molar-refractivity contribution in [1.82, 2.24) is 29.9 Å². The molecule has 0 radical (unpaired) electrons. The number of hydrogen-bond donors (Lipinski definition) is 1. The quantitative estimate of drug-likeness (QED) is 0.558. The van der Waals surface area contributed by atoms with E-state index < -0.39 is 0 Å². The third-order valence-electron chi connectivity index (χ3n) is 5.44. The summed E-state index contributed by atoms with van der Waals surface area (Å²) in [5, 5.41) is 12.2. The number of aromatic nitrogens is 6. The van der Waals surface area contributed by atoms with Crippen LogP contribution in [0, 0.1) is 6.92 Å². The van der Waals surface area contributed by atoms with E-state index in [0.717, 1.165) is 65.8 Å². The van der Waals surface area contributed by atoms with Gasteiger partial charge < -0.3 is 9.80 Å². The SMILES string of the molecule is Cc1nc(N2CCN(c3cc(=O)[nH]nc3-c3ccccc3)CC2)c2cnn(C)c2n1. The van der Waals surface area contributed by atoms with Crippen LogP contribution in [-0.2, 0) is 7.05 Å². The van der Waals surface area contributed by atoms with Crippen LogP contribution in [0.2, 0.25) is 0 Å². The number of anilines is 2. The Balaban J connectivity index is 1.44. The summed E-state index contributed by atoms with van der Waals surface area (Å²) in [5.74, 6) is 1.64. The van der Waals surface area contributed by atoms with Crippen molar-refractivity contribution in [3.8, 4) is 11.3 Å². The monoisotopic (exact) mass is 402 g/mol. The average Bonchev–Trinajstić information content (AvgIpc) is 3.14. The maximum Gasteiger partial charge on any atom is 0.266 e. The molecule has 0 unspecified atom stereocenters. The van der Waals surface area contributed by atoms with Crippen molar-refractivity contribution in [1.29, 1.82) is 0 Å². The lowest BCUT2D eigenvalue weighted by molar-refractivity contribution is 0.646. The fraction of sp³-hybridized carbons (Fsp3) is 0.286. The number of aryl methyl sites for hydroxylation is 2. The molecule has 0 bridgehead atoms. The lowest BCUT2D eigenvalue weighted by atomic mass is 10.1. The van der Waals surface area contributed by atoms with Crippen LogP contribution in [0.3, 0.4) is 0 Å². The number of hydrogen-bond acceptors (Lipinski definition) is 7. The maximum atomic E-state index is 12.0. The van der Waals surface area contributed by atoms with Gasteiger partial charge in [-0.05, 0) is 6.92 Å². The smallest absolute Gasteiger partial charge is 0.266 e. The van der Waals surface area contributed by atoms with Crippen LogP contribution in [0.5, 0.6) is 0 Å². The van der Waals surface area contributed by atoms with E-state index in [1.54, 1.807) is 10.7 Å². The van der Waals surface area contributed by atoms with Crippen LogP contribution in [0.4, 0.5) is 11.5 Å². The molecule has 1 fully saturated rings. The highest BCUT2D eigenvalue weighted by atomic mass is 16.1. The molecule has 0 spiro atoms. The summed E-state index contributed by atoms with van der Waals surface area (Å²) in [7, 11) is 1.89.